The van der Waals surface area contributed by atoms with Crippen LogP contribution < -0.4 is 10.9 Å². The van der Waals surface area contributed by atoms with Crippen molar-refractivity contribution in [3.63, 3.8) is 0 Å². The molecule has 24 heavy (non-hydrogen) atoms. The number of nitrogens with one attached hydrogen (secondary N) is 1. The van der Waals surface area contributed by atoms with Crippen LogP contribution in [0, 0.1) is 0 Å². The standard InChI is InChI=1S/C18H27N5O/c1-4-7-15(22-11-10-19-13(3)12-22)17-21-14-8-6-9-20-16(14)18(24)23(17)5-2/h6,8-9,13,15,19H,4-5,7,10-12H2,1-3H3/t13-,15+/m0/s1. The highest BCUT2D eigenvalue weighted by Crippen LogP contribution is 2.26. The fraction of sp³-hybridized carbons (Fsp3) is 0.611. The van der Waals surface area contributed by atoms with Crippen molar-refractivity contribution in [1.29, 1.82) is 0 Å². The summed E-state index contributed by atoms with van der Waals surface area (Å²) in [5.41, 5.74) is 1.14. The van der Waals surface area contributed by atoms with Crippen molar-refractivity contribution in [3.8, 4) is 0 Å². The van der Waals surface area contributed by atoms with Gasteiger partial charge in [0.25, 0.3) is 5.56 Å². The van der Waals surface area contributed by atoms with E-state index in [1.165, 1.54) is 0 Å². The third-order valence-corrected chi connectivity index (χ3v) is 4.76. The summed E-state index contributed by atoms with van der Waals surface area (Å²) in [4.78, 5) is 24.4. The molecule has 0 bridgehead atoms. The summed E-state index contributed by atoms with van der Waals surface area (Å²) in [6.45, 7) is 9.97. The van der Waals surface area contributed by atoms with E-state index in [2.05, 4.69) is 29.0 Å². The zero-order chi connectivity index (χ0) is 17.1. The molecule has 3 heterocycles. The van der Waals surface area contributed by atoms with Gasteiger partial charge >= 0.3 is 0 Å². The number of rotatable bonds is 5. The van der Waals surface area contributed by atoms with E-state index >= 15 is 0 Å². The quantitative estimate of drug-likeness (QED) is 0.908. The predicted molar refractivity (Wildman–Crippen MR) is 96.2 cm³/mol. The van der Waals surface area contributed by atoms with Gasteiger partial charge in [0.15, 0.2) is 5.52 Å². The van der Waals surface area contributed by atoms with Gasteiger partial charge in [0.05, 0.1) is 11.6 Å². The number of hydrogen-bond acceptors (Lipinski definition) is 5. The summed E-state index contributed by atoms with van der Waals surface area (Å²) in [7, 11) is 0. The van der Waals surface area contributed by atoms with E-state index < -0.39 is 0 Å². The predicted octanol–water partition coefficient (Wildman–Crippen LogP) is 1.95. The van der Waals surface area contributed by atoms with Crippen molar-refractivity contribution < 1.29 is 0 Å². The van der Waals surface area contributed by atoms with Crippen LogP contribution in [0.25, 0.3) is 11.0 Å². The van der Waals surface area contributed by atoms with Crippen LogP contribution in [0.2, 0.25) is 0 Å². The lowest BCUT2D eigenvalue weighted by molar-refractivity contribution is 0.132. The average molecular weight is 329 g/mol. The second-order valence-electron chi connectivity index (χ2n) is 6.55. The van der Waals surface area contributed by atoms with Crippen molar-refractivity contribution in [1.82, 2.24) is 24.8 Å². The van der Waals surface area contributed by atoms with Crippen LogP contribution in [0.4, 0.5) is 0 Å². The van der Waals surface area contributed by atoms with E-state index in [0.29, 0.717) is 23.6 Å². The van der Waals surface area contributed by atoms with E-state index in [4.69, 9.17) is 4.98 Å². The number of hydrogen-bond donors (Lipinski definition) is 1. The summed E-state index contributed by atoms with van der Waals surface area (Å²) >= 11 is 0. The topological polar surface area (TPSA) is 63.1 Å². The Bertz CT molecular complexity index is 757. The van der Waals surface area contributed by atoms with Crippen molar-refractivity contribution in [2.24, 2.45) is 0 Å². The second-order valence-corrected chi connectivity index (χ2v) is 6.55. The fourth-order valence-corrected chi connectivity index (χ4v) is 3.62. The molecule has 0 amide bonds. The largest absolute Gasteiger partial charge is 0.312 e. The lowest BCUT2D eigenvalue weighted by Crippen LogP contribution is -2.51. The third-order valence-electron chi connectivity index (χ3n) is 4.76. The molecule has 0 spiro atoms. The zero-order valence-electron chi connectivity index (χ0n) is 14.8. The van der Waals surface area contributed by atoms with Gasteiger partial charge in [0.1, 0.15) is 5.82 Å². The first kappa shape index (κ1) is 17.0. The van der Waals surface area contributed by atoms with Crippen LogP contribution in [0.5, 0.6) is 0 Å². The average Bonchev–Trinajstić information content (AvgIpc) is 2.59. The van der Waals surface area contributed by atoms with Gasteiger partial charge in [-0.05, 0) is 32.4 Å². The van der Waals surface area contributed by atoms with E-state index in [1.807, 2.05) is 23.6 Å². The molecule has 0 aromatic carbocycles. The summed E-state index contributed by atoms with van der Waals surface area (Å²) in [6.07, 6.45) is 3.73. The summed E-state index contributed by atoms with van der Waals surface area (Å²) in [5, 5.41) is 3.49. The second kappa shape index (κ2) is 7.40. The van der Waals surface area contributed by atoms with Crippen LogP contribution in [0.1, 0.15) is 45.5 Å². The number of fused-ring (bicyclic) bond motifs is 1. The third kappa shape index (κ3) is 3.21. The molecule has 130 valence electrons. The Hall–Kier alpha value is -1.79. The Morgan fingerprint density at radius 2 is 2.25 bits per heavy atom. The van der Waals surface area contributed by atoms with Gasteiger partial charge in [-0.15, -0.1) is 0 Å². The molecule has 1 aliphatic heterocycles. The maximum absolute atomic E-state index is 12.9. The van der Waals surface area contributed by atoms with E-state index in [0.717, 1.165) is 38.3 Å². The zero-order valence-corrected chi connectivity index (χ0v) is 14.8. The monoisotopic (exact) mass is 329 g/mol. The highest BCUT2D eigenvalue weighted by molar-refractivity contribution is 5.72. The molecule has 1 saturated heterocycles. The van der Waals surface area contributed by atoms with Gasteiger partial charge in [-0.2, -0.15) is 0 Å². The molecule has 6 heteroatoms. The molecule has 6 nitrogen and oxygen atoms in total. The first-order valence-corrected chi connectivity index (χ1v) is 8.98. The summed E-state index contributed by atoms with van der Waals surface area (Å²) in [6, 6.07) is 4.37. The fourth-order valence-electron chi connectivity index (χ4n) is 3.62. The van der Waals surface area contributed by atoms with Gasteiger partial charge < -0.3 is 5.32 Å². The molecule has 2 aromatic heterocycles. The lowest BCUT2D eigenvalue weighted by atomic mass is 10.1. The van der Waals surface area contributed by atoms with Gasteiger partial charge in [0, 0.05) is 38.4 Å². The van der Waals surface area contributed by atoms with Gasteiger partial charge in [0.2, 0.25) is 0 Å². The molecule has 0 unspecified atom stereocenters. The number of aromatic nitrogens is 3. The molecule has 2 aromatic rings. The van der Waals surface area contributed by atoms with E-state index in [1.54, 1.807) is 6.20 Å². The van der Waals surface area contributed by atoms with Crippen LogP contribution in [0.3, 0.4) is 0 Å². The van der Waals surface area contributed by atoms with Crippen molar-refractivity contribution in [2.75, 3.05) is 19.6 Å². The molecule has 1 aliphatic rings. The van der Waals surface area contributed by atoms with Gasteiger partial charge in [-0.25, -0.2) is 9.97 Å². The molecule has 1 fully saturated rings. The first-order valence-electron chi connectivity index (χ1n) is 8.98. The molecular weight excluding hydrogens is 302 g/mol. The molecule has 3 rings (SSSR count). The molecule has 2 atom stereocenters. The molecule has 0 saturated carbocycles. The Morgan fingerprint density at radius 3 is 2.96 bits per heavy atom. The minimum absolute atomic E-state index is 0.0256. The molecular formula is C18H27N5O. The van der Waals surface area contributed by atoms with Gasteiger partial charge in [-0.3, -0.25) is 14.3 Å². The number of nitrogens with zero attached hydrogens (tertiary/aromatic N) is 4. The van der Waals surface area contributed by atoms with E-state index in [9.17, 15) is 4.79 Å². The lowest BCUT2D eigenvalue weighted by Gasteiger charge is -2.38. The van der Waals surface area contributed by atoms with Crippen LogP contribution in [0.15, 0.2) is 23.1 Å². The summed E-state index contributed by atoms with van der Waals surface area (Å²) in [5.74, 6) is 0.888. The van der Waals surface area contributed by atoms with Crippen LogP contribution in [-0.2, 0) is 6.54 Å². The molecule has 0 aliphatic carbocycles. The maximum Gasteiger partial charge on any atom is 0.280 e. The maximum atomic E-state index is 12.9. The highest BCUT2D eigenvalue weighted by atomic mass is 16.1. The summed E-state index contributed by atoms with van der Waals surface area (Å²) < 4.78 is 1.81. The van der Waals surface area contributed by atoms with Crippen LogP contribution >= 0.6 is 0 Å². The SMILES string of the molecule is CCC[C@H](c1nc2cccnc2c(=O)n1CC)N1CCN[C@@H](C)C1. The van der Waals surface area contributed by atoms with Crippen molar-refractivity contribution in [3.05, 3.63) is 34.5 Å². The molecule has 1 N–H and O–H groups in total. The van der Waals surface area contributed by atoms with Gasteiger partial charge in [-0.1, -0.05) is 13.3 Å². The normalized spacial score (nSPS) is 20.4. The minimum Gasteiger partial charge on any atom is -0.312 e. The van der Waals surface area contributed by atoms with Crippen molar-refractivity contribution in [2.45, 2.75) is 52.2 Å². The first-order chi connectivity index (χ1) is 11.7. The van der Waals surface area contributed by atoms with E-state index in [-0.39, 0.29) is 11.6 Å². The molecule has 0 radical (unpaired) electrons. The van der Waals surface area contributed by atoms with Crippen LogP contribution in [-0.4, -0.2) is 45.1 Å². The smallest absolute Gasteiger partial charge is 0.280 e. The number of pyridine rings is 1. The number of piperazine rings is 1. The Balaban J connectivity index is 2.11. The Labute approximate surface area is 142 Å². The Morgan fingerprint density at radius 1 is 1.42 bits per heavy atom. The Kier molecular flexibility index (Phi) is 5.26. The van der Waals surface area contributed by atoms with Crippen molar-refractivity contribution >= 4 is 11.0 Å². The highest BCUT2D eigenvalue weighted by Gasteiger charge is 2.28. The minimum atomic E-state index is -0.0256.